The molecule has 17 heavy (non-hydrogen) atoms. The monoisotopic (exact) mass is 286 g/mol. The Morgan fingerprint density at radius 2 is 1.59 bits per heavy atom. The molecule has 0 heterocycles. The van der Waals surface area contributed by atoms with Gasteiger partial charge in [-0.15, -0.1) is 0 Å². The Bertz CT molecular complexity index is 426. The fraction of sp³-hybridized carbons (Fsp3) is 1.00. The van der Waals surface area contributed by atoms with Crippen molar-refractivity contribution in [2.24, 2.45) is 0 Å². The molecule has 0 atom stereocenters. The van der Waals surface area contributed by atoms with Gasteiger partial charge in [0, 0.05) is 18.3 Å². The second-order valence-corrected chi connectivity index (χ2v) is 8.93. The minimum atomic E-state index is -3.23. The number of hydrogen-bond donors (Lipinski definition) is 2. The molecule has 0 aliphatic carbocycles. The normalized spacial score (nSPS) is 13.9. The van der Waals surface area contributed by atoms with Crippen LogP contribution in [-0.2, 0) is 19.9 Å². The molecule has 6 nitrogen and oxygen atoms in total. The van der Waals surface area contributed by atoms with Crippen LogP contribution < -0.4 is 10.0 Å². The van der Waals surface area contributed by atoms with Gasteiger partial charge < -0.3 is 5.32 Å². The maximum absolute atomic E-state index is 11.0. The zero-order valence-electron chi connectivity index (χ0n) is 10.8. The lowest BCUT2D eigenvalue weighted by Gasteiger charge is -2.25. The lowest BCUT2D eigenvalue weighted by molar-refractivity contribution is 0.422. The fourth-order valence-electron chi connectivity index (χ4n) is 1.40. The van der Waals surface area contributed by atoms with E-state index in [1.165, 1.54) is 6.26 Å². The minimum Gasteiger partial charge on any atom is -0.315 e. The molecule has 0 aliphatic rings. The summed E-state index contributed by atoms with van der Waals surface area (Å²) >= 11 is 0. The van der Waals surface area contributed by atoms with Crippen LogP contribution in [0.15, 0.2) is 0 Å². The Kier molecular flexibility index (Phi) is 6.06. The van der Waals surface area contributed by atoms with Crippen molar-refractivity contribution < 1.29 is 16.8 Å². The predicted octanol–water partition coefficient (Wildman–Crippen LogP) is -0.661. The Balaban J connectivity index is 3.89. The van der Waals surface area contributed by atoms with E-state index in [-0.39, 0.29) is 5.75 Å². The summed E-state index contributed by atoms with van der Waals surface area (Å²) in [5, 5.41) is 3.03. The molecular formula is C9H22N2O4S2. The zero-order chi connectivity index (χ0) is 13.7. The topological polar surface area (TPSA) is 92.3 Å². The van der Waals surface area contributed by atoms with Crippen molar-refractivity contribution in [2.45, 2.75) is 25.8 Å². The molecule has 0 aromatic heterocycles. The largest absolute Gasteiger partial charge is 0.315 e. The number of rotatable bonds is 8. The van der Waals surface area contributed by atoms with Gasteiger partial charge in [-0.2, -0.15) is 0 Å². The van der Waals surface area contributed by atoms with Crippen LogP contribution in [0.2, 0.25) is 0 Å². The molecule has 0 saturated heterocycles. The van der Waals surface area contributed by atoms with E-state index in [4.69, 9.17) is 0 Å². The van der Waals surface area contributed by atoms with E-state index in [9.17, 15) is 16.8 Å². The lowest BCUT2D eigenvalue weighted by atomic mass is 10.1. The molecular weight excluding hydrogens is 264 g/mol. The minimum absolute atomic E-state index is 0.139. The van der Waals surface area contributed by atoms with Gasteiger partial charge in [0.1, 0.15) is 9.84 Å². The van der Waals surface area contributed by atoms with E-state index >= 15 is 0 Å². The molecule has 0 fully saturated rings. The van der Waals surface area contributed by atoms with Crippen molar-refractivity contribution >= 4 is 19.9 Å². The summed E-state index contributed by atoms with van der Waals surface area (Å²) in [6, 6.07) is 0. The Labute approximate surface area is 104 Å². The molecule has 0 spiro atoms. The van der Waals surface area contributed by atoms with Gasteiger partial charge in [0.25, 0.3) is 0 Å². The average Bonchev–Trinajstić information content (AvgIpc) is 1.95. The highest BCUT2D eigenvalue weighted by atomic mass is 32.2. The summed E-state index contributed by atoms with van der Waals surface area (Å²) in [6.07, 6.45) is 2.83. The van der Waals surface area contributed by atoms with E-state index in [1.54, 1.807) is 13.8 Å². The van der Waals surface area contributed by atoms with E-state index in [0.29, 0.717) is 19.5 Å². The van der Waals surface area contributed by atoms with Crippen molar-refractivity contribution in [1.82, 2.24) is 10.0 Å². The van der Waals surface area contributed by atoms with Gasteiger partial charge in [0.05, 0.1) is 12.0 Å². The first kappa shape index (κ1) is 16.8. The van der Waals surface area contributed by atoms with Crippen LogP contribution in [-0.4, -0.2) is 53.7 Å². The Morgan fingerprint density at radius 3 is 2.00 bits per heavy atom. The van der Waals surface area contributed by atoms with Crippen LogP contribution in [0.5, 0.6) is 0 Å². The highest BCUT2D eigenvalue weighted by Gasteiger charge is 2.21. The summed E-state index contributed by atoms with van der Waals surface area (Å²) in [5.74, 6) is 0.139. The van der Waals surface area contributed by atoms with Gasteiger partial charge in [0.2, 0.25) is 10.0 Å². The summed E-state index contributed by atoms with van der Waals surface area (Å²) in [4.78, 5) is 0. The van der Waals surface area contributed by atoms with Crippen molar-refractivity contribution in [3.05, 3.63) is 0 Å². The highest BCUT2D eigenvalue weighted by molar-refractivity contribution is 7.90. The second-order valence-electron chi connectivity index (χ2n) is 4.92. The quantitative estimate of drug-likeness (QED) is 0.578. The summed E-state index contributed by atoms with van der Waals surface area (Å²) < 4.78 is 46.3. The molecule has 0 unspecified atom stereocenters. The molecule has 0 aromatic rings. The number of sulfone groups is 1. The van der Waals surface area contributed by atoms with Gasteiger partial charge in [-0.05, 0) is 26.8 Å². The van der Waals surface area contributed by atoms with Gasteiger partial charge in [0.15, 0.2) is 0 Å². The molecule has 0 radical (unpaired) electrons. The number of sulfonamides is 1. The van der Waals surface area contributed by atoms with Gasteiger partial charge in [-0.1, -0.05) is 0 Å². The summed E-state index contributed by atoms with van der Waals surface area (Å²) in [6.45, 7) is 4.51. The molecule has 0 aromatic carbocycles. The van der Waals surface area contributed by atoms with Gasteiger partial charge in [-0.25, -0.2) is 21.6 Å². The van der Waals surface area contributed by atoms with E-state index in [1.807, 2.05) is 0 Å². The van der Waals surface area contributed by atoms with Crippen molar-refractivity contribution in [2.75, 3.05) is 31.4 Å². The van der Waals surface area contributed by atoms with E-state index < -0.39 is 25.4 Å². The first-order valence-corrected chi connectivity index (χ1v) is 9.24. The molecule has 0 bridgehead atoms. The summed E-state index contributed by atoms with van der Waals surface area (Å²) in [7, 11) is -6.15. The van der Waals surface area contributed by atoms with Crippen molar-refractivity contribution in [3.63, 3.8) is 0 Å². The third-order valence-corrected chi connectivity index (χ3v) is 3.85. The number of nitrogens with one attached hydrogen (secondary N) is 2. The lowest BCUT2D eigenvalue weighted by Crippen LogP contribution is -2.50. The smallest absolute Gasteiger partial charge is 0.209 e. The highest BCUT2D eigenvalue weighted by Crippen LogP contribution is 2.01. The zero-order valence-corrected chi connectivity index (χ0v) is 12.4. The van der Waals surface area contributed by atoms with Crippen molar-refractivity contribution in [3.8, 4) is 0 Å². The Morgan fingerprint density at radius 1 is 1.06 bits per heavy atom. The van der Waals surface area contributed by atoms with Crippen LogP contribution in [0.4, 0.5) is 0 Å². The van der Waals surface area contributed by atoms with E-state index in [2.05, 4.69) is 10.0 Å². The van der Waals surface area contributed by atoms with E-state index in [0.717, 1.165) is 6.26 Å². The van der Waals surface area contributed by atoms with Crippen LogP contribution in [0.1, 0.15) is 20.3 Å². The molecule has 0 saturated carbocycles. The molecule has 104 valence electrons. The maximum atomic E-state index is 11.0. The standard InChI is InChI=1S/C9H22N2O4S2/c1-9(2,11-17(4,14)15)8-10-6-5-7-16(3,12)13/h10-11H,5-8H2,1-4H3. The number of hydrogen-bond acceptors (Lipinski definition) is 5. The molecule has 0 amide bonds. The summed E-state index contributed by atoms with van der Waals surface area (Å²) in [5.41, 5.74) is -0.585. The first-order chi connectivity index (χ1) is 7.41. The fourth-order valence-corrected chi connectivity index (χ4v) is 3.14. The van der Waals surface area contributed by atoms with Crippen LogP contribution in [0.25, 0.3) is 0 Å². The van der Waals surface area contributed by atoms with Gasteiger partial charge >= 0.3 is 0 Å². The van der Waals surface area contributed by atoms with Gasteiger partial charge in [-0.3, -0.25) is 0 Å². The molecule has 8 heteroatoms. The van der Waals surface area contributed by atoms with Crippen molar-refractivity contribution in [1.29, 1.82) is 0 Å². The SMILES string of the molecule is CC(C)(CNCCCS(C)(=O)=O)NS(C)(=O)=O. The maximum Gasteiger partial charge on any atom is 0.209 e. The molecule has 2 N–H and O–H groups in total. The second kappa shape index (κ2) is 6.12. The first-order valence-electron chi connectivity index (χ1n) is 5.29. The molecule has 0 rings (SSSR count). The Hall–Kier alpha value is -0.180. The predicted molar refractivity (Wildman–Crippen MR) is 69.3 cm³/mol. The van der Waals surface area contributed by atoms with Crippen LogP contribution >= 0.6 is 0 Å². The van der Waals surface area contributed by atoms with Crippen LogP contribution in [0.3, 0.4) is 0 Å². The average molecular weight is 286 g/mol. The third-order valence-electron chi connectivity index (χ3n) is 1.90. The van der Waals surface area contributed by atoms with Crippen LogP contribution in [0, 0.1) is 0 Å². The third kappa shape index (κ3) is 12.1. The molecule has 0 aliphatic heterocycles.